The number of esters is 3. The number of hydrogen-bond donors (Lipinski definition) is 0. The summed E-state index contributed by atoms with van der Waals surface area (Å²) >= 11 is 0. The molecule has 0 saturated heterocycles. The summed E-state index contributed by atoms with van der Waals surface area (Å²) in [5, 5.41) is 0. The minimum atomic E-state index is -0.758. The molecule has 0 heterocycles. The molecule has 0 aliphatic heterocycles. The van der Waals surface area contributed by atoms with Crippen molar-refractivity contribution in [2.45, 2.75) is 271 Å². The summed E-state index contributed by atoms with van der Waals surface area (Å²) in [5.41, 5.74) is 0. The maximum atomic E-state index is 12.7. The minimum Gasteiger partial charge on any atom is -0.462 e. The van der Waals surface area contributed by atoms with Crippen LogP contribution in [-0.4, -0.2) is 37.2 Å². The van der Waals surface area contributed by atoms with Crippen molar-refractivity contribution in [1.82, 2.24) is 0 Å². The first-order valence-electron chi connectivity index (χ1n) is 23.9. The summed E-state index contributed by atoms with van der Waals surface area (Å²) in [6.07, 6.45) is 42.6. The molecule has 0 rings (SSSR count). The van der Waals surface area contributed by atoms with E-state index in [9.17, 15) is 14.4 Å². The van der Waals surface area contributed by atoms with Crippen LogP contribution in [0.5, 0.6) is 0 Å². The number of carbonyl (C=O) groups is 3. The molecule has 320 valence electrons. The third-order valence-corrected chi connectivity index (χ3v) is 10.8. The van der Waals surface area contributed by atoms with Crippen molar-refractivity contribution in [2.75, 3.05) is 13.2 Å². The molecule has 0 spiro atoms. The Morgan fingerprint density at radius 2 is 0.611 bits per heavy atom. The van der Waals surface area contributed by atoms with Gasteiger partial charge in [0.1, 0.15) is 13.2 Å². The summed E-state index contributed by atoms with van der Waals surface area (Å²) in [5.74, 6) is -0.0304. The van der Waals surface area contributed by atoms with Crippen molar-refractivity contribution < 1.29 is 28.6 Å². The van der Waals surface area contributed by atoms with Crippen molar-refractivity contribution in [3.63, 3.8) is 0 Å². The van der Waals surface area contributed by atoms with E-state index >= 15 is 0 Å². The molecule has 0 bridgehead atoms. The van der Waals surface area contributed by atoms with Gasteiger partial charge in [-0.05, 0) is 25.2 Å². The molecular formula is C48H92O6. The molecule has 0 aromatic rings. The molecule has 54 heavy (non-hydrogen) atoms. The molecule has 0 saturated carbocycles. The van der Waals surface area contributed by atoms with Crippen molar-refractivity contribution >= 4 is 17.9 Å². The molecule has 0 N–H and O–H groups in total. The average molecular weight is 765 g/mol. The van der Waals surface area contributed by atoms with Gasteiger partial charge in [0.05, 0.1) is 0 Å². The van der Waals surface area contributed by atoms with Crippen LogP contribution >= 0.6 is 0 Å². The van der Waals surface area contributed by atoms with E-state index in [-0.39, 0.29) is 31.1 Å². The maximum Gasteiger partial charge on any atom is 0.306 e. The van der Waals surface area contributed by atoms with E-state index < -0.39 is 6.10 Å². The number of unbranched alkanes of at least 4 members (excludes halogenated alkanes) is 30. The van der Waals surface area contributed by atoms with Gasteiger partial charge in [-0.3, -0.25) is 14.4 Å². The third-order valence-electron chi connectivity index (χ3n) is 10.8. The van der Waals surface area contributed by atoms with Crippen LogP contribution in [0.3, 0.4) is 0 Å². The number of rotatable bonds is 43. The van der Waals surface area contributed by atoms with Crippen LogP contribution in [0.2, 0.25) is 0 Å². The Hall–Kier alpha value is -1.59. The van der Waals surface area contributed by atoms with Crippen molar-refractivity contribution in [3.05, 3.63) is 0 Å². The average Bonchev–Trinajstić information content (AvgIpc) is 3.15. The molecule has 6 heteroatoms. The SMILES string of the molecule is CCCCCCCCCCCCCCCCCCC(=O)O[C@@H](COC(=O)CCCCCCC)COC(=O)CCCCCCCCCCCCCCC(C)C. The predicted octanol–water partition coefficient (Wildman–Crippen LogP) is 15.1. The molecule has 0 amide bonds. The highest BCUT2D eigenvalue weighted by atomic mass is 16.6. The molecule has 0 radical (unpaired) electrons. The fraction of sp³-hybridized carbons (Fsp3) is 0.938. The highest BCUT2D eigenvalue weighted by molar-refractivity contribution is 5.71. The Balaban J connectivity index is 4.15. The van der Waals surface area contributed by atoms with Gasteiger partial charge in [-0.2, -0.15) is 0 Å². The fourth-order valence-electron chi connectivity index (χ4n) is 7.16. The van der Waals surface area contributed by atoms with Crippen LogP contribution < -0.4 is 0 Å². The molecule has 0 aromatic carbocycles. The number of hydrogen-bond acceptors (Lipinski definition) is 6. The highest BCUT2D eigenvalue weighted by Gasteiger charge is 2.19. The topological polar surface area (TPSA) is 78.9 Å². The molecule has 1 atom stereocenters. The Morgan fingerprint density at radius 3 is 0.907 bits per heavy atom. The van der Waals surface area contributed by atoms with E-state index in [1.54, 1.807) is 0 Å². The van der Waals surface area contributed by atoms with Crippen molar-refractivity contribution in [3.8, 4) is 0 Å². The van der Waals surface area contributed by atoms with E-state index in [0.717, 1.165) is 70.1 Å². The molecular weight excluding hydrogens is 673 g/mol. The molecule has 0 aromatic heterocycles. The van der Waals surface area contributed by atoms with Crippen molar-refractivity contribution in [1.29, 1.82) is 0 Å². The van der Waals surface area contributed by atoms with Crippen LogP contribution in [-0.2, 0) is 28.6 Å². The first-order chi connectivity index (χ1) is 26.4. The zero-order valence-corrected chi connectivity index (χ0v) is 36.7. The van der Waals surface area contributed by atoms with Gasteiger partial charge >= 0.3 is 17.9 Å². The predicted molar refractivity (Wildman–Crippen MR) is 229 cm³/mol. The lowest BCUT2D eigenvalue weighted by Crippen LogP contribution is -2.30. The minimum absolute atomic E-state index is 0.0644. The van der Waals surface area contributed by atoms with E-state index in [0.29, 0.717) is 19.3 Å². The van der Waals surface area contributed by atoms with Crippen molar-refractivity contribution in [2.24, 2.45) is 5.92 Å². The summed E-state index contributed by atoms with van der Waals surface area (Å²) in [6.45, 7) is 8.93. The van der Waals surface area contributed by atoms with E-state index in [1.165, 1.54) is 154 Å². The lowest BCUT2D eigenvalue weighted by Gasteiger charge is -2.18. The zero-order chi connectivity index (χ0) is 39.6. The van der Waals surface area contributed by atoms with Gasteiger partial charge in [0.2, 0.25) is 0 Å². The van der Waals surface area contributed by atoms with E-state index in [1.807, 2.05) is 0 Å². The second kappa shape index (κ2) is 42.6. The normalized spacial score (nSPS) is 11.9. The first kappa shape index (κ1) is 52.4. The fourth-order valence-corrected chi connectivity index (χ4v) is 7.16. The molecule has 0 unspecified atom stereocenters. The van der Waals surface area contributed by atoms with Gasteiger partial charge < -0.3 is 14.2 Å². The van der Waals surface area contributed by atoms with Gasteiger partial charge in [-0.1, -0.05) is 227 Å². The first-order valence-corrected chi connectivity index (χ1v) is 23.9. The molecule has 0 fully saturated rings. The summed E-state index contributed by atoms with van der Waals surface area (Å²) in [6, 6.07) is 0. The molecule has 0 aliphatic rings. The number of ether oxygens (including phenoxy) is 3. The number of carbonyl (C=O) groups excluding carboxylic acids is 3. The molecule has 6 nitrogen and oxygen atoms in total. The zero-order valence-electron chi connectivity index (χ0n) is 36.7. The summed E-state index contributed by atoms with van der Waals surface area (Å²) < 4.78 is 16.6. The Kier molecular flexibility index (Phi) is 41.3. The van der Waals surface area contributed by atoms with Crippen LogP contribution in [0.25, 0.3) is 0 Å². The van der Waals surface area contributed by atoms with Crippen LogP contribution in [0.15, 0.2) is 0 Å². The smallest absolute Gasteiger partial charge is 0.306 e. The Labute approximate surface area is 336 Å². The largest absolute Gasteiger partial charge is 0.462 e. The monoisotopic (exact) mass is 765 g/mol. The van der Waals surface area contributed by atoms with Gasteiger partial charge in [0, 0.05) is 19.3 Å². The lowest BCUT2D eigenvalue weighted by atomic mass is 10.0. The van der Waals surface area contributed by atoms with Gasteiger partial charge in [-0.15, -0.1) is 0 Å². The van der Waals surface area contributed by atoms with Crippen LogP contribution in [0.4, 0.5) is 0 Å². The van der Waals surface area contributed by atoms with Crippen LogP contribution in [0, 0.1) is 5.92 Å². The quantitative estimate of drug-likeness (QED) is 0.0349. The standard InChI is InChI=1S/C48H92O6/c1-5-7-9-11-12-13-14-15-16-17-18-23-26-29-33-37-41-48(51)54-45(42-52-46(49)39-35-30-10-8-6-2)43-53-47(50)40-36-32-28-25-22-20-19-21-24-27-31-34-38-44(3)4/h44-45H,5-43H2,1-4H3/t45-/m0/s1. The summed E-state index contributed by atoms with van der Waals surface area (Å²) in [7, 11) is 0. The Morgan fingerprint density at radius 1 is 0.352 bits per heavy atom. The second-order valence-corrected chi connectivity index (χ2v) is 16.9. The third kappa shape index (κ3) is 41.6. The van der Waals surface area contributed by atoms with E-state index in [2.05, 4.69) is 27.7 Å². The second-order valence-electron chi connectivity index (χ2n) is 16.9. The van der Waals surface area contributed by atoms with Gasteiger partial charge in [-0.25, -0.2) is 0 Å². The van der Waals surface area contributed by atoms with Crippen LogP contribution in [0.1, 0.15) is 265 Å². The highest BCUT2D eigenvalue weighted by Crippen LogP contribution is 2.17. The van der Waals surface area contributed by atoms with Gasteiger partial charge in [0.25, 0.3) is 0 Å². The Bertz CT molecular complexity index is 811. The summed E-state index contributed by atoms with van der Waals surface area (Å²) in [4.78, 5) is 37.5. The lowest BCUT2D eigenvalue weighted by molar-refractivity contribution is -0.167. The maximum absolute atomic E-state index is 12.7. The molecule has 0 aliphatic carbocycles. The van der Waals surface area contributed by atoms with Gasteiger partial charge in [0.15, 0.2) is 6.10 Å². The van der Waals surface area contributed by atoms with E-state index in [4.69, 9.17) is 14.2 Å².